The fourth-order valence-electron chi connectivity index (χ4n) is 3.17. The van der Waals surface area contributed by atoms with Crippen LogP contribution in [0.1, 0.15) is 52.0 Å². The third-order valence-corrected chi connectivity index (χ3v) is 5.69. The van der Waals surface area contributed by atoms with Crippen LogP contribution in [0, 0.1) is 22.2 Å². The highest BCUT2D eigenvalue weighted by atomic mass is 79.9. The zero-order valence-electron chi connectivity index (χ0n) is 12.4. The second-order valence-corrected chi connectivity index (χ2v) is 7.76. The number of benzene rings is 1. The molecule has 1 N–H and O–H groups in total. The van der Waals surface area contributed by atoms with Gasteiger partial charge in [0.25, 0.3) is 0 Å². The van der Waals surface area contributed by atoms with E-state index in [-0.39, 0.29) is 5.41 Å². The van der Waals surface area contributed by atoms with Crippen molar-refractivity contribution in [1.29, 1.82) is 5.26 Å². The van der Waals surface area contributed by atoms with Gasteiger partial charge in [0.1, 0.15) is 5.60 Å². The molecule has 1 unspecified atom stereocenters. The quantitative estimate of drug-likeness (QED) is 0.846. The van der Waals surface area contributed by atoms with Gasteiger partial charge in [0, 0.05) is 4.47 Å². The highest BCUT2D eigenvalue weighted by Gasteiger charge is 2.52. The maximum atomic E-state index is 11.2. The first-order valence-electron chi connectivity index (χ1n) is 7.13. The molecule has 2 nitrogen and oxygen atoms in total. The summed E-state index contributed by atoms with van der Waals surface area (Å²) in [5.41, 5.74) is -0.768. The van der Waals surface area contributed by atoms with Crippen LogP contribution in [0.15, 0.2) is 28.7 Å². The number of hydrogen-bond acceptors (Lipinski definition) is 2. The molecule has 1 aliphatic carbocycles. The fraction of sp³-hybridized carbons (Fsp3) is 0.588. The molecule has 1 atom stereocenters. The maximum absolute atomic E-state index is 11.2. The SMILES string of the molecule is CC1(C)CCC(C#N)(C(C)(O)c2ccccc2Br)CC1. The van der Waals surface area contributed by atoms with Gasteiger partial charge in [0.2, 0.25) is 0 Å². The van der Waals surface area contributed by atoms with Crippen LogP contribution in [0.25, 0.3) is 0 Å². The normalized spacial score (nSPS) is 23.6. The summed E-state index contributed by atoms with van der Waals surface area (Å²) in [7, 11) is 0. The van der Waals surface area contributed by atoms with Crippen LogP contribution in [0.5, 0.6) is 0 Å². The van der Waals surface area contributed by atoms with Crippen LogP contribution in [0.3, 0.4) is 0 Å². The molecule has 20 heavy (non-hydrogen) atoms. The van der Waals surface area contributed by atoms with Gasteiger partial charge in [-0.2, -0.15) is 5.26 Å². The Balaban J connectivity index is 2.42. The lowest BCUT2D eigenvalue weighted by Crippen LogP contribution is -2.46. The third kappa shape index (κ3) is 2.52. The van der Waals surface area contributed by atoms with Gasteiger partial charge in [-0.05, 0) is 49.7 Å². The Morgan fingerprint density at radius 3 is 2.25 bits per heavy atom. The fourth-order valence-corrected chi connectivity index (χ4v) is 3.85. The van der Waals surface area contributed by atoms with E-state index in [4.69, 9.17) is 0 Å². The molecular weight excluding hydrogens is 314 g/mol. The topological polar surface area (TPSA) is 44.0 Å². The number of aliphatic hydroxyl groups is 1. The molecule has 0 spiro atoms. The van der Waals surface area contributed by atoms with Crippen molar-refractivity contribution < 1.29 is 5.11 Å². The number of rotatable bonds is 2. The monoisotopic (exact) mass is 335 g/mol. The van der Waals surface area contributed by atoms with Gasteiger partial charge in [-0.15, -0.1) is 0 Å². The minimum absolute atomic E-state index is 0.268. The van der Waals surface area contributed by atoms with E-state index < -0.39 is 11.0 Å². The Bertz CT molecular complexity index is 532. The lowest BCUT2D eigenvalue weighted by molar-refractivity contribution is -0.0778. The lowest BCUT2D eigenvalue weighted by Gasteiger charge is -2.47. The second-order valence-electron chi connectivity index (χ2n) is 6.91. The van der Waals surface area contributed by atoms with Gasteiger partial charge in [0.15, 0.2) is 0 Å². The van der Waals surface area contributed by atoms with Gasteiger partial charge in [-0.3, -0.25) is 0 Å². The number of nitrogens with zero attached hydrogens (tertiary/aromatic N) is 1. The molecule has 0 bridgehead atoms. The standard InChI is InChI=1S/C17H22BrNO/c1-15(2)8-10-17(12-19,11-9-15)16(3,20)13-6-4-5-7-14(13)18/h4-7,20H,8-11H2,1-3H3. The van der Waals surface area contributed by atoms with Gasteiger partial charge in [-0.25, -0.2) is 0 Å². The maximum Gasteiger partial charge on any atom is 0.106 e. The van der Waals surface area contributed by atoms with Crippen molar-refractivity contribution in [3.05, 3.63) is 34.3 Å². The van der Waals surface area contributed by atoms with Gasteiger partial charge in [-0.1, -0.05) is 48.0 Å². The van der Waals surface area contributed by atoms with E-state index in [9.17, 15) is 10.4 Å². The van der Waals surface area contributed by atoms with E-state index in [1.165, 1.54) is 0 Å². The van der Waals surface area contributed by atoms with E-state index in [0.717, 1.165) is 35.7 Å². The first-order valence-corrected chi connectivity index (χ1v) is 7.92. The highest BCUT2D eigenvalue weighted by Crippen LogP contribution is 2.54. The minimum atomic E-state index is -1.14. The molecule has 1 aromatic rings. The molecular formula is C17H22BrNO. The van der Waals surface area contributed by atoms with Crippen LogP contribution in [0.2, 0.25) is 0 Å². The summed E-state index contributed by atoms with van der Waals surface area (Å²) in [5.74, 6) is 0. The smallest absolute Gasteiger partial charge is 0.106 e. The zero-order chi connectivity index (χ0) is 15.0. The van der Waals surface area contributed by atoms with Crippen molar-refractivity contribution in [1.82, 2.24) is 0 Å². The van der Waals surface area contributed by atoms with Crippen molar-refractivity contribution >= 4 is 15.9 Å². The van der Waals surface area contributed by atoms with Crippen molar-refractivity contribution in [2.24, 2.45) is 10.8 Å². The van der Waals surface area contributed by atoms with Crippen molar-refractivity contribution in [2.75, 3.05) is 0 Å². The molecule has 1 aliphatic rings. The average molecular weight is 336 g/mol. The first kappa shape index (κ1) is 15.5. The summed E-state index contributed by atoms with van der Waals surface area (Å²) in [5, 5.41) is 20.9. The Hall–Kier alpha value is -0.850. The Morgan fingerprint density at radius 1 is 1.20 bits per heavy atom. The predicted octanol–water partition coefficient (Wildman–Crippen LogP) is 4.77. The van der Waals surface area contributed by atoms with E-state index in [1.807, 2.05) is 24.3 Å². The first-order chi connectivity index (χ1) is 9.24. The molecule has 2 rings (SSSR count). The van der Waals surface area contributed by atoms with Crippen LogP contribution >= 0.6 is 15.9 Å². The van der Waals surface area contributed by atoms with E-state index in [1.54, 1.807) is 6.92 Å². The van der Waals surface area contributed by atoms with E-state index in [0.29, 0.717) is 0 Å². The number of nitriles is 1. The lowest BCUT2D eigenvalue weighted by atomic mass is 9.58. The van der Waals surface area contributed by atoms with Crippen LogP contribution in [-0.2, 0) is 5.60 Å². The van der Waals surface area contributed by atoms with Crippen molar-refractivity contribution in [2.45, 2.75) is 52.1 Å². The number of hydrogen-bond donors (Lipinski definition) is 1. The van der Waals surface area contributed by atoms with E-state index >= 15 is 0 Å². The highest BCUT2D eigenvalue weighted by molar-refractivity contribution is 9.10. The summed E-state index contributed by atoms with van der Waals surface area (Å²) in [6, 6.07) is 10.1. The molecule has 0 saturated heterocycles. The molecule has 0 radical (unpaired) electrons. The zero-order valence-corrected chi connectivity index (χ0v) is 14.0. The third-order valence-electron chi connectivity index (χ3n) is 5.00. The summed E-state index contributed by atoms with van der Waals surface area (Å²) < 4.78 is 0.865. The molecule has 108 valence electrons. The van der Waals surface area contributed by atoms with Crippen molar-refractivity contribution in [3.63, 3.8) is 0 Å². The summed E-state index contributed by atoms with van der Waals surface area (Å²) in [4.78, 5) is 0. The van der Waals surface area contributed by atoms with Gasteiger partial charge in [0.05, 0.1) is 11.5 Å². The summed E-state index contributed by atoms with van der Waals surface area (Å²) in [6.07, 6.45) is 3.43. The molecule has 0 heterocycles. The second kappa shape index (κ2) is 5.16. The molecule has 1 saturated carbocycles. The molecule has 1 aromatic carbocycles. The van der Waals surface area contributed by atoms with Gasteiger partial charge >= 0.3 is 0 Å². The van der Waals surface area contributed by atoms with Crippen LogP contribution < -0.4 is 0 Å². The van der Waals surface area contributed by atoms with Crippen LogP contribution in [-0.4, -0.2) is 5.11 Å². The Morgan fingerprint density at radius 2 is 1.75 bits per heavy atom. The summed E-state index contributed by atoms with van der Waals surface area (Å²) >= 11 is 3.51. The molecule has 1 fully saturated rings. The molecule has 3 heteroatoms. The van der Waals surface area contributed by atoms with E-state index in [2.05, 4.69) is 35.8 Å². The van der Waals surface area contributed by atoms with Crippen molar-refractivity contribution in [3.8, 4) is 6.07 Å². The molecule has 0 aliphatic heterocycles. The molecule has 0 aromatic heterocycles. The average Bonchev–Trinajstić information content (AvgIpc) is 2.39. The Kier molecular flexibility index (Phi) is 4.01. The number of halogens is 1. The van der Waals surface area contributed by atoms with Crippen LogP contribution in [0.4, 0.5) is 0 Å². The minimum Gasteiger partial charge on any atom is -0.384 e. The largest absolute Gasteiger partial charge is 0.384 e. The molecule has 0 amide bonds. The summed E-state index contributed by atoms with van der Waals surface area (Å²) in [6.45, 7) is 6.26. The van der Waals surface area contributed by atoms with Gasteiger partial charge < -0.3 is 5.11 Å². The Labute approximate surface area is 129 Å². The predicted molar refractivity (Wildman–Crippen MR) is 84.0 cm³/mol.